The summed E-state index contributed by atoms with van der Waals surface area (Å²) < 4.78 is 29.2. The van der Waals surface area contributed by atoms with E-state index in [1.165, 1.54) is 19.2 Å². The predicted molar refractivity (Wildman–Crippen MR) is 121 cm³/mol. The standard InChI is InChI=1S/C24H25ClN2O3/c1-30-24(29)20-8-2-5-17(13-20)18-6-4-10-22(15-18)27-12-11-26-16-23(28)19-7-3-9-21(25)14-19/h2-10,13-15,23,26-28H,11-12,16H2,1H3/t23-/m0/s1/i16D2,23D. The molecule has 3 rings (SSSR count). The maximum Gasteiger partial charge on any atom is 0.337 e. The van der Waals surface area contributed by atoms with Crippen molar-refractivity contribution in [2.24, 2.45) is 0 Å². The molecule has 0 aliphatic carbocycles. The SMILES string of the molecule is [2H]C([2H])(NCCNc1cccc(-c2cccc(C(=O)OC)c2)c1)[C@]([2H])(O)c1cccc(Cl)c1. The van der Waals surface area contributed by atoms with Crippen molar-refractivity contribution in [2.45, 2.75) is 6.08 Å². The maximum atomic E-state index is 11.8. The Balaban J connectivity index is 1.62. The molecule has 3 aromatic carbocycles. The van der Waals surface area contributed by atoms with Gasteiger partial charge in [0.25, 0.3) is 0 Å². The molecule has 0 unspecified atom stereocenters. The fraction of sp³-hybridized carbons (Fsp3) is 0.208. The zero-order valence-corrected chi connectivity index (χ0v) is 17.2. The third-order valence-corrected chi connectivity index (χ3v) is 4.60. The van der Waals surface area contributed by atoms with Crippen molar-refractivity contribution in [3.05, 3.63) is 88.9 Å². The van der Waals surface area contributed by atoms with E-state index in [1.54, 1.807) is 30.3 Å². The number of nitrogens with one attached hydrogen (secondary N) is 2. The van der Waals surface area contributed by atoms with Gasteiger partial charge >= 0.3 is 5.97 Å². The Hall–Kier alpha value is -2.86. The van der Waals surface area contributed by atoms with E-state index in [9.17, 15) is 9.90 Å². The van der Waals surface area contributed by atoms with E-state index in [4.69, 9.17) is 20.5 Å². The lowest BCUT2D eigenvalue weighted by molar-refractivity contribution is 0.0601. The highest BCUT2D eigenvalue weighted by Crippen LogP contribution is 2.24. The minimum atomic E-state index is -2.53. The molecule has 0 heterocycles. The molecule has 5 nitrogen and oxygen atoms in total. The Morgan fingerprint density at radius 2 is 1.83 bits per heavy atom. The Morgan fingerprint density at radius 1 is 1.10 bits per heavy atom. The van der Waals surface area contributed by atoms with Crippen molar-refractivity contribution in [1.82, 2.24) is 5.32 Å². The van der Waals surface area contributed by atoms with Crippen LogP contribution in [0.25, 0.3) is 11.1 Å². The third-order valence-electron chi connectivity index (χ3n) is 4.36. The molecule has 0 bridgehead atoms. The molecule has 30 heavy (non-hydrogen) atoms. The van der Waals surface area contributed by atoms with Gasteiger partial charge in [-0.05, 0) is 53.1 Å². The normalized spacial score (nSPS) is 14.7. The number of anilines is 1. The highest BCUT2D eigenvalue weighted by molar-refractivity contribution is 6.30. The molecular weight excluding hydrogens is 400 g/mol. The molecule has 0 spiro atoms. The van der Waals surface area contributed by atoms with Gasteiger partial charge in [0.1, 0.15) is 0 Å². The molecule has 0 saturated carbocycles. The maximum absolute atomic E-state index is 11.8. The van der Waals surface area contributed by atoms with Crippen LogP contribution in [-0.2, 0) is 4.74 Å². The second-order valence-electron chi connectivity index (χ2n) is 6.49. The minimum Gasteiger partial charge on any atom is -0.465 e. The van der Waals surface area contributed by atoms with E-state index < -0.39 is 18.5 Å². The highest BCUT2D eigenvalue weighted by Gasteiger charge is 2.08. The molecule has 0 radical (unpaired) electrons. The molecule has 156 valence electrons. The summed E-state index contributed by atoms with van der Waals surface area (Å²) in [7, 11) is 1.34. The summed E-state index contributed by atoms with van der Waals surface area (Å²) >= 11 is 5.91. The van der Waals surface area contributed by atoms with Gasteiger partial charge in [0.05, 0.1) is 20.1 Å². The molecule has 3 N–H and O–H groups in total. The number of benzene rings is 3. The van der Waals surface area contributed by atoms with Crippen LogP contribution in [0.15, 0.2) is 72.8 Å². The van der Waals surface area contributed by atoms with Crippen molar-refractivity contribution in [3.63, 3.8) is 0 Å². The quantitative estimate of drug-likeness (QED) is 0.345. The summed E-state index contributed by atoms with van der Waals surface area (Å²) in [6.07, 6.45) is -2.53. The molecule has 0 fully saturated rings. The second-order valence-corrected chi connectivity index (χ2v) is 6.93. The topological polar surface area (TPSA) is 70.6 Å². The van der Waals surface area contributed by atoms with Gasteiger partial charge in [-0.3, -0.25) is 0 Å². The highest BCUT2D eigenvalue weighted by atomic mass is 35.5. The van der Waals surface area contributed by atoms with Crippen molar-refractivity contribution < 1.29 is 18.8 Å². The van der Waals surface area contributed by atoms with Crippen LogP contribution >= 0.6 is 11.6 Å². The predicted octanol–water partition coefficient (Wildman–Crippen LogP) is 4.53. The fourth-order valence-electron chi connectivity index (χ4n) is 2.88. The molecule has 6 heteroatoms. The summed E-state index contributed by atoms with van der Waals surface area (Å²) in [6.45, 7) is -1.93. The first kappa shape index (κ1) is 18.0. The van der Waals surface area contributed by atoms with Crippen molar-refractivity contribution >= 4 is 23.3 Å². The summed E-state index contributed by atoms with van der Waals surface area (Å²) in [4.78, 5) is 11.8. The van der Waals surface area contributed by atoms with E-state index in [0.717, 1.165) is 16.8 Å². The zero-order valence-electron chi connectivity index (χ0n) is 19.5. The smallest absolute Gasteiger partial charge is 0.337 e. The third kappa shape index (κ3) is 6.07. The molecule has 0 saturated heterocycles. The van der Waals surface area contributed by atoms with E-state index >= 15 is 0 Å². The molecule has 0 amide bonds. The summed E-state index contributed by atoms with van der Waals surface area (Å²) in [5.41, 5.74) is 3.08. The number of carbonyl (C=O) groups excluding carboxylic acids is 1. The van der Waals surface area contributed by atoms with Gasteiger partial charge in [-0.25, -0.2) is 4.79 Å². The van der Waals surface area contributed by atoms with E-state index in [1.807, 2.05) is 30.3 Å². The number of methoxy groups -OCH3 is 1. The molecule has 3 aromatic rings. The van der Waals surface area contributed by atoms with Crippen LogP contribution in [0, 0.1) is 0 Å². The monoisotopic (exact) mass is 427 g/mol. The average Bonchev–Trinajstić information content (AvgIpc) is 2.81. The number of rotatable bonds is 9. The van der Waals surface area contributed by atoms with Crippen molar-refractivity contribution in [3.8, 4) is 11.1 Å². The first-order valence-electron chi connectivity index (χ1n) is 10.9. The summed E-state index contributed by atoms with van der Waals surface area (Å²) in [5, 5.41) is 16.6. The number of aliphatic hydroxyl groups is 1. The van der Waals surface area contributed by atoms with E-state index in [0.29, 0.717) is 17.1 Å². The van der Waals surface area contributed by atoms with E-state index in [2.05, 4.69) is 10.6 Å². The Morgan fingerprint density at radius 3 is 2.60 bits per heavy atom. The van der Waals surface area contributed by atoms with Gasteiger partial charge < -0.3 is 20.5 Å². The fourth-order valence-corrected chi connectivity index (χ4v) is 3.07. The van der Waals surface area contributed by atoms with Crippen LogP contribution in [0.1, 0.15) is 26.1 Å². The molecule has 0 aromatic heterocycles. The van der Waals surface area contributed by atoms with Gasteiger partial charge in [0.15, 0.2) is 0 Å². The first-order chi connectivity index (χ1) is 15.6. The minimum absolute atomic E-state index is 0.0577. The molecular formula is C24H25ClN2O3. The largest absolute Gasteiger partial charge is 0.465 e. The lowest BCUT2D eigenvalue weighted by atomic mass is 10.0. The zero-order chi connectivity index (χ0) is 24.1. The Labute approximate surface area is 185 Å². The number of ether oxygens (including phenoxy) is 1. The summed E-state index contributed by atoms with van der Waals surface area (Å²) in [5.74, 6) is -0.404. The second kappa shape index (κ2) is 10.8. The average molecular weight is 428 g/mol. The number of hydrogen-bond donors (Lipinski definition) is 3. The number of hydrogen-bond acceptors (Lipinski definition) is 5. The number of carbonyl (C=O) groups is 1. The van der Waals surface area contributed by atoms with Crippen molar-refractivity contribution in [1.29, 1.82) is 0 Å². The van der Waals surface area contributed by atoms with Crippen LogP contribution in [0.5, 0.6) is 0 Å². The Bertz CT molecular complexity index is 1130. The van der Waals surface area contributed by atoms with Crippen LogP contribution < -0.4 is 10.6 Å². The van der Waals surface area contributed by atoms with Crippen LogP contribution in [0.4, 0.5) is 5.69 Å². The van der Waals surface area contributed by atoms with Gasteiger partial charge in [-0.15, -0.1) is 0 Å². The van der Waals surface area contributed by atoms with Gasteiger partial charge in [-0.1, -0.05) is 48.0 Å². The Kier molecular flexibility index (Phi) is 6.45. The van der Waals surface area contributed by atoms with Crippen molar-refractivity contribution in [2.75, 3.05) is 32.0 Å². The van der Waals surface area contributed by atoms with Crippen LogP contribution in [-0.4, -0.2) is 37.8 Å². The van der Waals surface area contributed by atoms with Gasteiger partial charge in [-0.2, -0.15) is 0 Å². The van der Waals surface area contributed by atoms with Crippen LogP contribution in [0.3, 0.4) is 0 Å². The molecule has 0 aliphatic rings. The van der Waals surface area contributed by atoms with E-state index in [-0.39, 0.29) is 12.1 Å². The molecule has 1 atom stereocenters. The lowest BCUT2D eigenvalue weighted by Gasteiger charge is -2.13. The lowest BCUT2D eigenvalue weighted by Crippen LogP contribution is -2.26. The first-order valence-corrected chi connectivity index (χ1v) is 9.78. The van der Waals surface area contributed by atoms with Gasteiger partial charge in [0, 0.05) is 33.0 Å². The number of esters is 1. The van der Waals surface area contributed by atoms with Crippen LogP contribution in [0.2, 0.25) is 5.02 Å². The summed E-state index contributed by atoms with van der Waals surface area (Å²) in [6, 6.07) is 20.7. The number of halogens is 1. The molecule has 0 aliphatic heterocycles. The van der Waals surface area contributed by atoms with Gasteiger partial charge in [0.2, 0.25) is 0 Å².